The maximum atomic E-state index is 10.1. The Labute approximate surface area is 80.9 Å². The van der Waals surface area contributed by atoms with Gasteiger partial charge in [-0.3, -0.25) is 9.38 Å². The summed E-state index contributed by atoms with van der Waals surface area (Å²) in [5.41, 5.74) is 1.75. The second kappa shape index (κ2) is 3.83. The van der Waals surface area contributed by atoms with E-state index in [9.17, 15) is 4.79 Å². The summed E-state index contributed by atoms with van der Waals surface area (Å²) in [6, 6.07) is 0. The van der Waals surface area contributed by atoms with Gasteiger partial charge < -0.3 is 4.79 Å². The van der Waals surface area contributed by atoms with Crippen molar-refractivity contribution in [2.24, 2.45) is 0 Å². The number of nitrogens with zero attached hydrogens (tertiary/aromatic N) is 3. The molecule has 0 spiro atoms. The van der Waals surface area contributed by atoms with E-state index in [1.165, 1.54) is 0 Å². The van der Waals surface area contributed by atoms with Gasteiger partial charge in [-0.15, -0.1) is 0 Å². The van der Waals surface area contributed by atoms with Crippen LogP contribution >= 0.6 is 0 Å². The van der Waals surface area contributed by atoms with Gasteiger partial charge in [0.2, 0.25) is 0 Å². The molecular formula is C10H9N3O. The number of hydrogen-bond acceptors (Lipinski definition) is 3. The first-order valence-electron chi connectivity index (χ1n) is 4.29. The molecule has 0 amide bonds. The predicted octanol–water partition coefficient (Wildman–Crippen LogP) is 1.33. The lowest BCUT2D eigenvalue weighted by Gasteiger charge is -1.93. The van der Waals surface area contributed by atoms with E-state index in [-0.39, 0.29) is 0 Å². The molecule has 0 fully saturated rings. The molecule has 2 aromatic rings. The summed E-state index contributed by atoms with van der Waals surface area (Å²) < 4.78 is 1.91. The number of carbonyl (C=O) groups is 1. The quantitative estimate of drug-likeness (QED) is 0.681. The molecule has 0 aliphatic rings. The molecule has 4 heteroatoms. The molecule has 0 aliphatic carbocycles. The van der Waals surface area contributed by atoms with Gasteiger partial charge in [0, 0.05) is 18.8 Å². The Balaban J connectivity index is 2.38. The summed E-state index contributed by atoms with van der Waals surface area (Å²) in [6.07, 6.45) is 11.9. The van der Waals surface area contributed by atoms with E-state index in [1.807, 2.05) is 16.7 Å². The molecule has 0 saturated heterocycles. The van der Waals surface area contributed by atoms with Crippen LogP contribution in [0.2, 0.25) is 0 Å². The molecule has 4 nitrogen and oxygen atoms in total. The van der Waals surface area contributed by atoms with Gasteiger partial charge in [0.15, 0.2) is 5.65 Å². The first-order chi connectivity index (χ1) is 6.92. The molecule has 2 heterocycles. The maximum absolute atomic E-state index is 10.1. The van der Waals surface area contributed by atoms with Crippen LogP contribution in [0.1, 0.15) is 12.1 Å². The predicted molar refractivity (Wildman–Crippen MR) is 52.7 cm³/mol. The lowest BCUT2D eigenvalue weighted by atomic mass is 10.3. The van der Waals surface area contributed by atoms with Crippen LogP contribution in [0.3, 0.4) is 0 Å². The Morgan fingerprint density at radius 2 is 2.36 bits per heavy atom. The standard InChI is InChI=1S/C10H9N3O/c14-6-2-1-3-9-7-12-10-8-11-4-5-13(9)10/h1,3-8H,2H2. The number of imidazole rings is 1. The fraction of sp³-hybridized carbons (Fsp3) is 0.100. The number of rotatable bonds is 3. The number of hydrogen-bond donors (Lipinski definition) is 0. The minimum atomic E-state index is 0.429. The maximum Gasteiger partial charge on any atom is 0.155 e. The Morgan fingerprint density at radius 1 is 1.43 bits per heavy atom. The summed E-state index contributed by atoms with van der Waals surface area (Å²) in [7, 11) is 0. The first kappa shape index (κ1) is 8.62. The van der Waals surface area contributed by atoms with Crippen molar-refractivity contribution >= 4 is 18.0 Å². The molecule has 0 radical (unpaired) electrons. The van der Waals surface area contributed by atoms with Crippen LogP contribution in [0.15, 0.2) is 30.9 Å². The minimum absolute atomic E-state index is 0.429. The normalized spacial score (nSPS) is 11.1. The zero-order chi connectivity index (χ0) is 9.80. The van der Waals surface area contributed by atoms with Crippen molar-refractivity contribution in [3.63, 3.8) is 0 Å². The van der Waals surface area contributed by atoms with Crippen molar-refractivity contribution in [3.8, 4) is 0 Å². The summed E-state index contributed by atoms with van der Waals surface area (Å²) in [4.78, 5) is 18.2. The summed E-state index contributed by atoms with van der Waals surface area (Å²) in [5, 5.41) is 0. The van der Waals surface area contributed by atoms with E-state index < -0.39 is 0 Å². The van der Waals surface area contributed by atoms with Crippen molar-refractivity contribution in [1.82, 2.24) is 14.4 Å². The topological polar surface area (TPSA) is 47.3 Å². The molecule has 0 N–H and O–H groups in total. The van der Waals surface area contributed by atoms with Gasteiger partial charge >= 0.3 is 0 Å². The third kappa shape index (κ3) is 1.54. The number of fused-ring (bicyclic) bond motifs is 1. The molecule has 0 aromatic carbocycles. The highest BCUT2D eigenvalue weighted by Gasteiger charge is 1.97. The highest BCUT2D eigenvalue weighted by atomic mass is 16.1. The molecule has 0 unspecified atom stereocenters. The van der Waals surface area contributed by atoms with Crippen molar-refractivity contribution in [2.75, 3.05) is 0 Å². The molecule has 70 valence electrons. The molecule has 0 saturated carbocycles. The highest BCUT2D eigenvalue weighted by molar-refractivity contribution is 5.58. The highest BCUT2D eigenvalue weighted by Crippen LogP contribution is 2.06. The molecule has 0 bridgehead atoms. The van der Waals surface area contributed by atoms with Crippen LogP contribution in [0.4, 0.5) is 0 Å². The average molecular weight is 187 g/mol. The van der Waals surface area contributed by atoms with Crippen LogP contribution in [-0.2, 0) is 4.79 Å². The molecule has 0 atom stereocenters. The van der Waals surface area contributed by atoms with Gasteiger partial charge in [-0.1, -0.05) is 6.08 Å². The minimum Gasteiger partial charge on any atom is -0.303 e. The van der Waals surface area contributed by atoms with Crippen LogP contribution in [-0.4, -0.2) is 20.7 Å². The zero-order valence-corrected chi connectivity index (χ0v) is 7.50. The largest absolute Gasteiger partial charge is 0.303 e. The van der Waals surface area contributed by atoms with Gasteiger partial charge in [0.05, 0.1) is 18.1 Å². The van der Waals surface area contributed by atoms with Crippen LogP contribution in [0, 0.1) is 0 Å². The molecular weight excluding hydrogens is 178 g/mol. The number of carbonyl (C=O) groups excluding carboxylic acids is 1. The second-order valence-corrected chi connectivity index (χ2v) is 2.79. The van der Waals surface area contributed by atoms with E-state index in [0.717, 1.165) is 17.6 Å². The lowest BCUT2D eigenvalue weighted by molar-refractivity contribution is -0.107. The smallest absolute Gasteiger partial charge is 0.155 e. The fourth-order valence-corrected chi connectivity index (χ4v) is 1.23. The number of aromatic nitrogens is 3. The van der Waals surface area contributed by atoms with E-state index >= 15 is 0 Å². The summed E-state index contributed by atoms with van der Waals surface area (Å²) in [6.45, 7) is 0. The van der Waals surface area contributed by atoms with Crippen LogP contribution in [0.25, 0.3) is 11.7 Å². The third-order valence-corrected chi connectivity index (χ3v) is 1.87. The molecule has 0 aliphatic heterocycles. The van der Waals surface area contributed by atoms with Crippen LogP contribution < -0.4 is 0 Å². The Kier molecular flexibility index (Phi) is 2.36. The second-order valence-electron chi connectivity index (χ2n) is 2.79. The Hall–Kier alpha value is -1.97. The van der Waals surface area contributed by atoms with Gasteiger partial charge in [-0.05, 0) is 6.08 Å². The third-order valence-electron chi connectivity index (χ3n) is 1.87. The number of allylic oxidation sites excluding steroid dienone is 1. The molecule has 2 rings (SSSR count). The zero-order valence-electron chi connectivity index (χ0n) is 7.50. The van der Waals surface area contributed by atoms with E-state index in [4.69, 9.17) is 0 Å². The Morgan fingerprint density at radius 3 is 3.21 bits per heavy atom. The van der Waals surface area contributed by atoms with Gasteiger partial charge in [-0.25, -0.2) is 4.98 Å². The summed E-state index contributed by atoms with van der Waals surface area (Å²) in [5.74, 6) is 0. The van der Waals surface area contributed by atoms with Crippen molar-refractivity contribution in [1.29, 1.82) is 0 Å². The number of aldehydes is 1. The van der Waals surface area contributed by atoms with E-state index in [0.29, 0.717) is 6.42 Å². The van der Waals surface area contributed by atoms with Gasteiger partial charge in [0.1, 0.15) is 6.29 Å². The van der Waals surface area contributed by atoms with E-state index in [1.54, 1.807) is 24.7 Å². The fourth-order valence-electron chi connectivity index (χ4n) is 1.23. The lowest BCUT2D eigenvalue weighted by Crippen LogP contribution is -1.86. The van der Waals surface area contributed by atoms with Crippen molar-refractivity contribution in [3.05, 3.63) is 36.6 Å². The monoisotopic (exact) mass is 187 g/mol. The molecule has 14 heavy (non-hydrogen) atoms. The summed E-state index contributed by atoms with van der Waals surface area (Å²) >= 11 is 0. The first-order valence-corrected chi connectivity index (χ1v) is 4.29. The van der Waals surface area contributed by atoms with E-state index in [2.05, 4.69) is 9.97 Å². The average Bonchev–Trinajstić information content (AvgIpc) is 2.63. The van der Waals surface area contributed by atoms with Crippen molar-refractivity contribution in [2.45, 2.75) is 6.42 Å². The van der Waals surface area contributed by atoms with Gasteiger partial charge in [0.25, 0.3) is 0 Å². The van der Waals surface area contributed by atoms with Crippen LogP contribution in [0.5, 0.6) is 0 Å². The Bertz CT molecular complexity index is 473. The van der Waals surface area contributed by atoms with Gasteiger partial charge in [-0.2, -0.15) is 0 Å². The van der Waals surface area contributed by atoms with Crippen molar-refractivity contribution < 1.29 is 4.79 Å². The molecule has 2 aromatic heterocycles. The SMILES string of the molecule is O=CCC=Cc1cnc2cnccn12.